The quantitative estimate of drug-likeness (QED) is 0.790. The molecule has 0 aliphatic carbocycles. The SMILES string of the molecule is COC(=O)C1CCN(C(=O)OCc2ccccc2)C(C(F)(F)F)C1. The molecule has 1 aromatic rings. The van der Waals surface area contributed by atoms with E-state index in [9.17, 15) is 22.8 Å². The molecule has 2 unspecified atom stereocenters. The molecule has 8 heteroatoms. The van der Waals surface area contributed by atoms with Gasteiger partial charge in [-0.2, -0.15) is 13.2 Å². The highest BCUT2D eigenvalue weighted by atomic mass is 19.4. The van der Waals surface area contributed by atoms with E-state index in [0.29, 0.717) is 10.5 Å². The van der Waals surface area contributed by atoms with Crippen molar-refractivity contribution in [1.82, 2.24) is 4.90 Å². The van der Waals surface area contributed by atoms with Crippen molar-refractivity contribution in [3.63, 3.8) is 0 Å². The summed E-state index contributed by atoms with van der Waals surface area (Å²) in [7, 11) is 1.13. The number of carbonyl (C=O) groups is 2. The van der Waals surface area contributed by atoms with E-state index in [1.54, 1.807) is 30.3 Å². The lowest BCUT2D eigenvalue weighted by molar-refractivity contribution is -0.193. The second-order valence-corrected chi connectivity index (χ2v) is 5.54. The van der Waals surface area contributed by atoms with Crippen molar-refractivity contribution >= 4 is 12.1 Å². The predicted octanol–water partition coefficient (Wildman–Crippen LogP) is 3.14. The number of carbonyl (C=O) groups excluding carboxylic acids is 2. The number of benzene rings is 1. The number of alkyl halides is 3. The molecule has 0 N–H and O–H groups in total. The molecule has 1 heterocycles. The van der Waals surface area contributed by atoms with E-state index in [-0.39, 0.29) is 19.6 Å². The molecule has 0 spiro atoms. The van der Waals surface area contributed by atoms with E-state index in [1.807, 2.05) is 0 Å². The maximum absolute atomic E-state index is 13.3. The molecule has 1 aliphatic rings. The first-order valence-electron chi connectivity index (χ1n) is 7.44. The van der Waals surface area contributed by atoms with Crippen LogP contribution in [0.4, 0.5) is 18.0 Å². The molecule has 1 fully saturated rings. The largest absolute Gasteiger partial charge is 0.469 e. The van der Waals surface area contributed by atoms with E-state index in [2.05, 4.69) is 4.74 Å². The van der Waals surface area contributed by atoms with Crippen LogP contribution in [0.1, 0.15) is 18.4 Å². The van der Waals surface area contributed by atoms with Gasteiger partial charge in [-0.25, -0.2) is 4.79 Å². The van der Waals surface area contributed by atoms with Gasteiger partial charge in [0.2, 0.25) is 0 Å². The highest BCUT2D eigenvalue weighted by Gasteiger charge is 2.50. The summed E-state index contributed by atoms with van der Waals surface area (Å²) in [6.07, 6.45) is -6.08. The number of halogens is 3. The molecule has 5 nitrogen and oxygen atoms in total. The molecule has 0 saturated carbocycles. The van der Waals surface area contributed by atoms with Gasteiger partial charge in [0.05, 0.1) is 13.0 Å². The number of methoxy groups -OCH3 is 1. The molecule has 0 bridgehead atoms. The van der Waals surface area contributed by atoms with Gasteiger partial charge in [0.15, 0.2) is 0 Å². The average molecular weight is 345 g/mol. The molecule has 24 heavy (non-hydrogen) atoms. The molecule has 1 amide bonds. The van der Waals surface area contributed by atoms with Crippen LogP contribution in [0.25, 0.3) is 0 Å². The Balaban J connectivity index is 2.04. The monoisotopic (exact) mass is 345 g/mol. The van der Waals surface area contributed by atoms with Gasteiger partial charge in [-0.05, 0) is 18.4 Å². The maximum atomic E-state index is 13.3. The molecule has 2 atom stereocenters. The Labute approximate surface area is 137 Å². The predicted molar refractivity (Wildman–Crippen MR) is 77.9 cm³/mol. The van der Waals surface area contributed by atoms with Crippen LogP contribution < -0.4 is 0 Å². The van der Waals surface area contributed by atoms with Gasteiger partial charge in [-0.15, -0.1) is 0 Å². The van der Waals surface area contributed by atoms with Crippen LogP contribution in [0.5, 0.6) is 0 Å². The highest BCUT2D eigenvalue weighted by molar-refractivity contribution is 5.73. The molecule has 132 valence electrons. The summed E-state index contributed by atoms with van der Waals surface area (Å²) in [5.74, 6) is -1.57. The van der Waals surface area contributed by atoms with Crippen molar-refractivity contribution in [2.45, 2.75) is 31.7 Å². The first kappa shape index (κ1) is 18.1. The lowest BCUT2D eigenvalue weighted by atomic mass is 9.91. The van der Waals surface area contributed by atoms with Crippen LogP contribution in [-0.4, -0.2) is 42.8 Å². The van der Waals surface area contributed by atoms with E-state index in [0.717, 1.165) is 7.11 Å². The van der Waals surface area contributed by atoms with Crippen LogP contribution in [0.2, 0.25) is 0 Å². The third-order valence-electron chi connectivity index (χ3n) is 3.95. The van der Waals surface area contributed by atoms with Crippen molar-refractivity contribution in [2.75, 3.05) is 13.7 Å². The summed E-state index contributed by atoms with van der Waals surface area (Å²) in [5, 5.41) is 0. The fourth-order valence-corrected chi connectivity index (χ4v) is 2.68. The average Bonchev–Trinajstić information content (AvgIpc) is 2.58. The van der Waals surface area contributed by atoms with Gasteiger partial charge in [-0.1, -0.05) is 30.3 Å². The van der Waals surface area contributed by atoms with Gasteiger partial charge in [0.1, 0.15) is 12.6 Å². The molecular weight excluding hydrogens is 327 g/mol. The van der Waals surface area contributed by atoms with E-state index in [1.165, 1.54) is 0 Å². The zero-order valence-electron chi connectivity index (χ0n) is 13.1. The Morgan fingerprint density at radius 1 is 1.25 bits per heavy atom. The molecule has 1 aliphatic heterocycles. The van der Waals surface area contributed by atoms with Crippen LogP contribution in [0.3, 0.4) is 0 Å². The Morgan fingerprint density at radius 2 is 1.92 bits per heavy atom. The van der Waals surface area contributed by atoms with Crippen LogP contribution in [0, 0.1) is 5.92 Å². The minimum absolute atomic E-state index is 0.110. The lowest BCUT2D eigenvalue weighted by Gasteiger charge is -2.38. The number of rotatable bonds is 3. The first-order valence-corrected chi connectivity index (χ1v) is 7.44. The minimum Gasteiger partial charge on any atom is -0.469 e. The van der Waals surface area contributed by atoms with Crippen molar-refractivity contribution < 1.29 is 32.2 Å². The maximum Gasteiger partial charge on any atom is 0.410 e. The number of ether oxygens (including phenoxy) is 2. The smallest absolute Gasteiger partial charge is 0.410 e. The second-order valence-electron chi connectivity index (χ2n) is 5.54. The number of hydrogen-bond donors (Lipinski definition) is 0. The number of amides is 1. The molecule has 1 saturated heterocycles. The Kier molecular flexibility index (Phi) is 5.69. The van der Waals surface area contributed by atoms with Gasteiger partial charge >= 0.3 is 18.2 Å². The van der Waals surface area contributed by atoms with Gasteiger partial charge < -0.3 is 9.47 Å². The molecule has 1 aromatic carbocycles. The fourth-order valence-electron chi connectivity index (χ4n) is 2.68. The number of nitrogens with zero attached hydrogens (tertiary/aromatic N) is 1. The summed E-state index contributed by atoms with van der Waals surface area (Å²) in [5.41, 5.74) is 0.679. The van der Waals surface area contributed by atoms with Crippen molar-refractivity contribution in [3.8, 4) is 0 Å². The number of likely N-dealkylation sites (tertiary alicyclic amines) is 1. The zero-order valence-corrected chi connectivity index (χ0v) is 13.1. The fraction of sp³-hybridized carbons (Fsp3) is 0.500. The topological polar surface area (TPSA) is 55.8 Å². The Hall–Kier alpha value is -2.25. The number of esters is 1. The van der Waals surface area contributed by atoms with E-state index < -0.39 is 36.6 Å². The van der Waals surface area contributed by atoms with Gasteiger partial charge in [0.25, 0.3) is 0 Å². The lowest BCUT2D eigenvalue weighted by Crippen LogP contribution is -2.54. The van der Waals surface area contributed by atoms with E-state index >= 15 is 0 Å². The van der Waals surface area contributed by atoms with Crippen molar-refractivity contribution in [2.24, 2.45) is 5.92 Å². The van der Waals surface area contributed by atoms with Crippen LogP contribution in [-0.2, 0) is 20.9 Å². The number of piperidine rings is 1. The van der Waals surface area contributed by atoms with Crippen molar-refractivity contribution in [1.29, 1.82) is 0 Å². The highest BCUT2D eigenvalue weighted by Crippen LogP contribution is 2.35. The first-order chi connectivity index (χ1) is 11.3. The third kappa shape index (κ3) is 4.39. The third-order valence-corrected chi connectivity index (χ3v) is 3.95. The normalized spacial score (nSPS) is 21.2. The van der Waals surface area contributed by atoms with Gasteiger partial charge in [0, 0.05) is 6.54 Å². The Morgan fingerprint density at radius 3 is 2.50 bits per heavy atom. The van der Waals surface area contributed by atoms with Gasteiger partial charge in [-0.3, -0.25) is 9.69 Å². The van der Waals surface area contributed by atoms with E-state index in [4.69, 9.17) is 4.74 Å². The van der Waals surface area contributed by atoms with Crippen LogP contribution in [0.15, 0.2) is 30.3 Å². The summed E-state index contributed by atoms with van der Waals surface area (Å²) in [4.78, 5) is 24.2. The molecule has 2 rings (SSSR count). The minimum atomic E-state index is -4.64. The number of hydrogen-bond acceptors (Lipinski definition) is 4. The summed E-state index contributed by atoms with van der Waals surface area (Å²) in [6.45, 7) is -0.321. The summed E-state index contributed by atoms with van der Waals surface area (Å²) < 4.78 is 49.3. The summed E-state index contributed by atoms with van der Waals surface area (Å²) in [6, 6.07) is 6.62. The second kappa shape index (κ2) is 7.55. The molecule has 0 aromatic heterocycles. The summed E-state index contributed by atoms with van der Waals surface area (Å²) >= 11 is 0. The zero-order chi connectivity index (χ0) is 17.7. The molecular formula is C16H18F3NO4. The standard InChI is InChI=1S/C16H18F3NO4/c1-23-14(21)12-7-8-20(13(9-12)16(17,18)19)15(22)24-10-11-5-3-2-4-6-11/h2-6,12-13H,7-10H2,1H3. The Bertz CT molecular complexity index is 576. The van der Waals surface area contributed by atoms with Crippen LogP contribution >= 0.6 is 0 Å². The molecule has 0 radical (unpaired) electrons. The van der Waals surface area contributed by atoms with Crippen molar-refractivity contribution in [3.05, 3.63) is 35.9 Å².